The summed E-state index contributed by atoms with van der Waals surface area (Å²) in [5, 5.41) is 8.25. The predicted molar refractivity (Wildman–Crippen MR) is 235 cm³/mol. The number of thioether (sulfide) groups is 1. The van der Waals surface area contributed by atoms with Crippen LogP contribution in [0.25, 0.3) is 6.08 Å². The minimum Gasteiger partial charge on any atom is -0.462 e. The Kier molecular flexibility index (Phi) is 14.1. The number of ether oxygens (including phenoxy) is 2. The molecule has 11 nitrogen and oxygen atoms in total. The van der Waals surface area contributed by atoms with Crippen molar-refractivity contribution in [3.8, 4) is 0 Å². The van der Waals surface area contributed by atoms with Crippen molar-refractivity contribution in [2.75, 3.05) is 23.8 Å². The maximum atomic E-state index is 14.4. The molecule has 1 aliphatic heterocycles. The van der Waals surface area contributed by atoms with Gasteiger partial charge in [0.15, 0.2) is 0 Å². The molecule has 3 N–H and O–H groups in total. The Bertz CT molecular complexity index is 2360. The van der Waals surface area contributed by atoms with E-state index in [1.165, 1.54) is 23.1 Å². The van der Waals surface area contributed by atoms with E-state index in [0.29, 0.717) is 45.2 Å². The van der Waals surface area contributed by atoms with E-state index in [2.05, 4.69) is 31.9 Å². The molecule has 0 saturated heterocycles. The van der Waals surface area contributed by atoms with E-state index in [1.807, 2.05) is 60.7 Å². The molecule has 0 aliphatic carbocycles. The normalized spacial score (nSPS) is 13.1. The van der Waals surface area contributed by atoms with Gasteiger partial charge in [0.1, 0.15) is 21.5 Å². The number of rotatable bonds is 12. The van der Waals surface area contributed by atoms with Gasteiger partial charge in [0.05, 0.1) is 18.7 Å². The quantitative estimate of drug-likeness (QED) is 0.0639. The average Bonchev–Trinajstić information content (AvgIpc) is 3.57. The van der Waals surface area contributed by atoms with E-state index in [0.717, 1.165) is 14.9 Å². The van der Waals surface area contributed by atoms with Crippen LogP contribution in [0.1, 0.15) is 75.2 Å². The summed E-state index contributed by atoms with van der Waals surface area (Å²) in [6, 6.07) is 32.2. The molecule has 304 valence electrons. The summed E-state index contributed by atoms with van der Waals surface area (Å²) in [7, 11) is 0. The second kappa shape index (κ2) is 19.4. The molecule has 1 aromatic heterocycles. The van der Waals surface area contributed by atoms with Gasteiger partial charge in [-0.1, -0.05) is 82.7 Å². The van der Waals surface area contributed by atoms with Gasteiger partial charge in [-0.25, -0.2) is 9.59 Å². The summed E-state index contributed by atoms with van der Waals surface area (Å²) in [6.07, 6.45) is 1.53. The van der Waals surface area contributed by atoms with E-state index in [-0.39, 0.29) is 30.3 Å². The highest BCUT2D eigenvalue weighted by atomic mass is 79.9. The number of carbonyl (C=O) groups is 5. The van der Waals surface area contributed by atoms with Gasteiger partial charge in [-0.3, -0.25) is 14.4 Å². The number of fused-ring (bicyclic) bond motifs is 1. The van der Waals surface area contributed by atoms with Crippen LogP contribution in [0.15, 0.2) is 124 Å². The second-order valence-electron chi connectivity index (χ2n) is 14.4. The molecular weight excluding hydrogens is 853 g/mol. The van der Waals surface area contributed by atoms with Crippen LogP contribution >= 0.6 is 39.0 Å². The highest BCUT2D eigenvalue weighted by Crippen LogP contribution is 2.41. The van der Waals surface area contributed by atoms with Gasteiger partial charge in [-0.05, 0) is 99.3 Å². The standard InChI is InChI=1S/C45H43BrN4O7S2/c1-5-56-43(54)37-34-23-24-50(44(55)57-45(2,3)4)27-36(34)59-42(37)49-41(53)38(29-13-8-6-9-14-29)58-33-18-12-17-32(26-33)47-40(52)35(25-28-19-21-31(46)22-20-28)48-39(51)30-15-10-7-11-16-30/h6-22,25-26,38H,5,23-24,27H2,1-4H3,(H,47,52)(H,48,51)(H,49,53)/b35-25+. The summed E-state index contributed by atoms with van der Waals surface area (Å²) in [6.45, 7) is 7.85. The molecule has 1 atom stereocenters. The molecule has 0 radical (unpaired) electrons. The van der Waals surface area contributed by atoms with Crippen LogP contribution in [0.5, 0.6) is 0 Å². The highest BCUT2D eigenvalue weighted by molar-refractivity contribution is 9.10. The van der Waals surface area contributed by atoms with Crippen LogP contribution in [-0.4, -0.2) is 53.4 Å². The summed E-state index contributed by atoms with van der Waals surface area (Å²) in [5.74, 6) is -1.92. The third kappa shape index (κ3) is 11.5. The Morgan fingerprint density at radius 2 is 1.59 bits per heavy atom. The number of carbonyl (C=O) groups excluding carboxylic acids is 5. The number of hydrogen-bond acceptors (Lipinski definition) is 9. The van der Waals surface area contributed by atoms with Crippen molar-refractivity contribution in [1.29, 1.82) is 0 Å². The number of nitrogens with zero attached hydrogens (tertiary/aromatic N) is 1. The first kappa shape index (κ1) is 42.9. The molecule has 0 bridgehead atoms. The van der Waals surface area contributed by atoms with Gasteiger partial charge in [0.25, 0.3) is 11.8 Å². The van der Waals surface area contributed by atoms with Gasteiger partial charge in [-0.2, -0.15) is 0 Å². The first-order chi connectivity index (χ1) is 28.3. The number of anilines is 2. The second-order valence-corrected chi connectivity index (χ2v) is 17.6. The molecule has 14 heteroatoms. The fraction of sp³-hybridized carbons (Fsp3) is 0.222. The van der Waals surface area contributed by atoms with E-state index in [9.17, 15) is 24.0 Å². The largest absolute Gasteiger partial charge is 0.462 e. The van der Waals surface area contributed by atoms with E-state index in [1.54, 1.807) is 87.2 Å². The van der Waals surface area contributed by atoms with E-state index >= 15 is 0 Å². The van der Waals surface area contributed by atoms with Gasteiger partial charge >= 0.3 is 12.1 Å². The zero-order chi connectivity index (χ0) is 42.1. The Labute approximate surface area is 359 Å². The minimum absolute atomic E-state index is 0.0334. The van der Waals surface area contributed by atoms with Crippen molar-refractivity contribution in [2.24, 2.45) is 0 Å². The molecule has 5 aromatic rings. The minimum atomic E-state index is -0.785. The highest BCUT2D eigenvalue weighted by Gasteiger charge is 2.34. The molecular formula is C45H43BrN4O7S2. The maximum Gasteiger partial charge on any atom is 0.410 e. The summed E-state index contributed by atoms with van der Waals surface area (Å²) < 4.78 is 11.9. The fourth-order valence-corrected chi connectivity index (χ4v) is 8.72. The number of benzene rings is 4. The van der Waals surface area contributed by atoms with Crippen LogP contribution < -0.4 is 16.0 Å². The first-order valence-corrected chi connectivity index (χ1v) is 21.3. The van der Waals surface area contributed by atoms with Crippen LogP contribution in [0.4, 0.5) is 15.5 Å². The van der Waals surface area contributed by atoms with Crippen LogP contribution in [0.3, 0.4) is 0 Å². The topological polar surface area (TPSA) is 143 Å². The first-order valence-electron chi connectivity index (χ1n) is 18.8. The Hall–Kier alpha value is -5.70. The SMILES string of the molecule is CCOC(=O)c1c(NC(=O)C(Sc2cccc(NC(=O)/C(=C\c3ccc(Br)cc3)NC(=O)c3ccccc3)c2)c2ccccc2)sc2c1CCN(C(=O)OC(C)(C)C)C2. The summed E-state index contributed by atoms with van der Waals surface area (Å²) in [5.41, 5.74) is 2.64. The number of amides is 4. The maximum absolute atomic E-state index is 14.4. The number of esters is 1. The van der Waals surface area contributed by atoms with Crippen molar-refractivity contribution in [2.45, 2.75) is 56.4 Å². The van der Waals surface area contributed by atoms with E-state index < -0.39 is 34.7 Å². The third-order valence-electron chi connectivity index (χ3n) is 8.82. The molecule has 4 aromatic carbocycles. The van der Waals surface area contributed by atoms with Crippen molar-refractivity contribution in [3.63, 3.8) is 0 Å². The van der Waals surface area contributed by atoms with Gasteiger partial charge in [0.2, 0.25) is 5.91 Å². The van der Waals surface area contributed by atoms with Crippen molar-refractivity contribution >= 4 is 85.6 Å². The molecule has 1 aliphatic rings. The zero-order valence-corrected chi connectivity index (χ0v) is 36.1. The molecule has 0 saturated carbocycles. The van der Waals surface area contributed by atoms with Crippen LogP contribution in [-0.2, 0) is 32.0 Å². The molecule has 1 unspecified atom stereocenters. The van der Waals surface area contributed by atoms with E-state index in [4.69, 9.17) is 9.47 Å². The van der Waals surface area contributed by atoms with Gasteiger partial charge in [0, 0.05) is 32.0 Å². The Balaban J connectivity index is 1.25. The Morgan fingerprint density at radius 1 is 0.898 bits per heavy atom. The predicted octanol–water partition coefficient (Wildman–Crippen LogP) is 9.86. The lowest BCUT2D eigenvalue weighted by atomic mass is 10.0. The van der Waals surface area contributed by atoms with Crippen molar-refractivity contribution < 1.29 is 33.4 Å². The molecule has 6 rings (SSSR count). The van der Waals surface area contributed by atoms with Crippen LogP contribution in [0, 0.1) is 0 Å². The lowest BCUT2D eigenvalue weighted by molar-refractivity contribution is -0.116. The van der Waals surface area contributed by atoms with Crippen molar-refractivity contribution in [1.82, 2.24) is 10.2 Å². The smallest absolute Gasteiger partial charge is 0.410 e. The number of hydrogen-bond donors (Lipinski definition) is 3. The number of thiophene rings is 1. The molecule has 59 heavy (non-hydrogen) atoms. The van der Waals surface area contributed by atoms with Crippen LogP contribution in [0.2, 0.25) is 0 Å². The average molecular weight is 896 g/mol. The molecule has 0 fully saturated rings. The Morgan fingerprint density at radius 3 is 2.27 bits per heavy atom. The third-order valence-corrected chi connectivity index (χ3v) is 11.7. The summed E-state index contributed by atoms with van der Waals surface area (Å²) in [4.78, 5) is 70.7. The fourth-order valence-electron chi connectivity index (χ4n) is 6.12. The number of halogens is 1. The number of nitrogens with one attached hydrogen (secondary N) is 3. The van der Waals surface area contributed by atoms with Gasteiger partial charge in [-0.15, -0.1) is 23.1 Å². The molecule has 4 amide bonds. The monoisotopic (exact) mass is 894 g/mol. The lowest BCUT2D eigenvalue weighted by Crippen LogP contribution is -2.39. The molecule has 2 heterocycles. The summed E-state index contributed by atoms with van der Waals surface area (Å²) >= 11 is 5.94. The van der Waals surface area contributed by atoms with Gasteiger partial charge < -0.3 is 30.3 Å². The lowest BCUT2D eigenvalue weighted by Gasteiger charge is -2.30. The zero-order valence-electron chi connectivity index (χ0n) is 32.9. The molecule has 0 spiro atoms. The van der Waals surface area contributed by atoms with Crippen molar-refractivity contribution in [3.05, 3.63) is 152 Å².